The summed E-state index contributed by atoms with van der Waals surface area (Å²) in [5.41, 5.74) is 1.55. The van der Waals surface area contributed by atoms with Crippen LogP contribution in [0.1, 0.15) is 29.2 Å². The first-order chi connectivity index (χ1) is 14.7. The quantitative estimate of drug-likeness (QED) is 0.366. The molecule has 2 aromatic heterocycles. The molecule has 0 spiro atoms. The van der Waals surface area contributed by atoms with E-state index < -0.39 is 11.7 Å². The van der Waals surface area contributed by atoms with E-state index in [0.717, 1.165) is 29.1 Å². The zero-order valence-corrected chi connectivity index (χ0v) is 17.7. The Balaban J connectivity index is 1.54. The van der Waals surface area contributed by atoms with Gasteiger partial charge in [0, 0.05) is 18.2 Å². The van der Waals surface area contributed by atoms with E-state index in [0.29, 0.717) is 5.16 Å². The van der Waals surface area contributed by atoms with Crippen molar-refractivity contribution in [1.29, 1.82) is 0 Å². The maximum absolute atomic E-state index is 13.0. The maximum Gasteiger partial charge on any atom is 0.416 e. The lowest BCUT2D eigenvalue weighted by Gasteiger charge is -2.08. The van der Waals surface area contributed by atoms with E-state index in [9.17, 15) is 13.2 Å². The number of aromatic nitrogens is 5. The normalized spacial score (nSPS) is 12.8. The summed E-state index contributed by atoms with van der Waals surface area (Å²) in [7, 11) is 1.87. The van der Waals surface area contributed by atoms with Crippen LogP contribution in [0.3, 0.4) is 0 Å². The molecule has 1 atom stereocenters. The van der Waals surface area contributed by atoms with Crippen molar-refractivity contribution < 1.29 is 17.7 Å². The van der Waals surface area contributed by atoms with Crippen molar-refractivity contribution in [2.45, 2.75) is 30.4 Å². The predicted molar refractivity (Wildman–Crippen MR) is 110 cm³/mol. The summed E-state index contributed by atoms with van der Waals surface area (Å²) in [6.07, 6.45) is -4.44. The highest BCUT2D eigenvalue weighted by atomic mass is 32.2. The van der Waals surface area contributed by atoms with E-state index in [2.05, 4.69) is 20.3 Å². The Morgan fingerprint density at radius 3 is 2.58 bits per heavy atom. The molecule has 0 aliphatic carbocycles. The summed E-state index contributed by atoms with van der Waals surface area (Å²) in [6, 6.07) is 12.7. The van der Waals surface area contributed by atoms with E-state index in [1.54, 1.807) is 0 Å². The summed E-state index contributed by atoms with van der Waals surface area (Å²) in [4.78, 5) is 4.29. The van der Waals surface area contributed by atoms with Crippen LogP contribution in [-0.2, 0) is 13.2 Å². The molecule has 0 saturated carbocycles. The highest BCUT2D eigenvalue weighted by molar-refractivity contribution is 7.99. The molecule has 1 unspecified atom stereocenters. The fourth-order valence-corrected chi connectivity index (χ4v) is 3.88. The van der Waals surface area contributed by atoms with Crippen molar-refractivity contribution in [3.8, 4) is 22.8 Å². The van der Waals surface area contributed by atoms with Gasteiger partial charge < -0.3 is 9.09 Å². The average Bonchev–Trinajstić information content (AvgIpc) is 3.36. The van der Waals surface area contributed by atoms with Gasteiger partial charge in [0.1, 0.15) is 0 Å². The number of benzene rings is 2. The van der Waals surface area contributed by atoms with Crippen LogP contribution in [0.5, 0.6) is 0 Å². The van der Waals surface area contributed by atoms with Crippen molar-refractivity contribution >= 4 is 11.8 Å². The molecule has 0 fully saturated rings. The third-order valence-corrected chi connectivity index (χ3v) is 5.86. The number of halogens is 3. The fourth-order valence-electron chi connectivity index (χ4n) is 3.04. The first kappa shape index (κ1) is 21.1. The summed E-state index contributed by atoms with van der Waals surface area (Å²) in [6.45, 7) is 3.86. The molecule has 2 heterocycles. The first-order valence-electron chi connectivity index (χ1n) is 9.37. The molecule has 31 heavy (non-hydrogen) atoms. The molecule has 4 rings (SSSR count). The van der Waals surface area contributed by atoms with Gasteiger partial charge in [-0.1, -0.05) is 53.3 Å². The van der Waals surface area contributed by atoms with Crippen molar-refractivity contribution in [3.63, 3.8) is 0 Å². The van der Waals surface area contributed by atoms with Gasteiger partial charge in [-0.2, -0.15) is 18.2 Å². The monoisotopic (exact) mass is 445 g/mol. The van der Waals surface area contributed by atoms with Gasteiger partial charge in [0.25, 0.3) is 0 Å². The molecule has 0 saturated heterocycles. The standard InChI is InChI=1S/C21H18F3N5OS/c1-12-7-4-5-10-16(12)18-26-27-20(29(18)3)31-13(2)19-25-17(28-30-19)14-8-6-9-15(11-14)21(22,23)24/h4-11,13H,1-3H3. The van der Waals surface area contributed by atoms with Crippen LogP contribution < -0.4 is 0 Å². The molecule has 10 heteroatoms. The van der Waals surface area contributed by atoms with E-state index in [1.807, 2.05) is 49.7 Å². The summed E-state index contributed by atoms with van der Waals surface area (Å²) in [5, 5.41) is 12.8. The SMILES string of the molecule is Cc1ccccc1-c1nnc(SC(C)c2nc(-c3cccc(C(F)(F)F)c3)no2)n1C. The van der Waals surface area contributed by atoms with Crippen molar-refractivity contribution in [2.75, 3.05) is 0 Å². The lowest BCUT2D eigenvalue weighted by Crippen LogP contribution is -2.04. The Bertz CT molecular complexity index is 1220. The van der Waals surface area contributed by atoms with Crippen LogP contribution in [-0.4, -0.2) is 24.9 Å². The van der Waals surface area contributed by atoms with Gasteiger partial charge in [-0.15, -0.1) is 10.2 Å². The van der Waals surface area contributed by atoms with E-state index in [-0.39, 0.29) is 22.5 Å². The Morgan fingerprint density at radius 2 is 1.84 bits per heavy atom. The highest BCUT2D eigenvalue weighted by Gasteiger charge is 2.31. The number of thioether (sulfide) groups is 1. The lowest BCUT2D eigenvalue weighted by atomic mass is 10.1. The Kier molecular flexibility index (Phi) is 5.57. The number of alkyl halides is 3. The topological polar surface area (TPSA) is 69.6 Å². The number of hydrogen-bond acceptors (Lipinski definition) is 6. The number of rotatable bonds is 5. The second kappa shape index (κ2) is 8.18. The molecule has 0 aliphatic heterocycles. The van der Waals surface area contributed by atoms with Crippen LogP contribution in [0.4, 0.5) is 13.2 Å². The third-order valence-electron chi connectivity index (χ3n) is 4.74. The van der Waals surface area contributed by atoms with Gasteiger partial charge in [-0.3, -0.25) is 0 Å². The minimum Gasteiger partial charge on any atom is -0.338 e. The fraction of sp³-hybridized carbons (Fsp3) is 0.238. The number of nitrogens with zero attached hydrogens (tertiary/aromatic N) is 5. The second-order valence-electron chi connectivity index (χ2n) is 6.97. The molecular weight excluding hydrogens is 427 g/mol. The van der Waals surface area contributed by atoms with Gasteiger partial charge in [-0.05, 0) is 31.5 Å². The van der Waals surface area contributed by atoms with Crippen LogP contribution in [0, 0.1) is 6.92 Å². The zero-order chi connectivity index (χ0) is 22.2. The Hall–Kier alpha value is -3.14. The maximum atomic E-state index is 13.0. The molecule has 160 valence electrons. The molecule has 0 N–H and O–H groups in total. The molecule has 6 nitrogen and oxygen atoms in total. The lowest BCUT2D eigenvalue weighted by molar-refractivity contribution is -0.137. The number of aryl methyl sites for hydroxylation is 1. The molecule has 4 aromatic rings. The van der Waals surface area contributed by atoms with Crippen LogP contribution in [0.25, 0.3) is 22.8 Å². The smallest absolute Gasteiger partial charge is 0.338 e. The summed E-state index contributed by atoms with van der Waals surface area (Å²) < 4.78 is 46.1. The summed E-state index contributed by atoms with van der Waals surface area (Å²) in [5.74, 6) is 1.13. The van der Waals surface area contributed by atoms with Crippen LogP contribution in [0.2, 0.25) is 0 Å². The average molecular weight is 445 g/mol. The molecule has 0 bridgehead atoms. The Labute approximate surface area is 180 Å². The van der Waals surface area contributed by atoms with E-state index in [4.69, 9.17) is 4.52 Å². The largest absolute Gasteiger partial charge is 0.416 e. The molecule has 0 aliphatic rings. The summed E-state index contributed by atoms with van der Waals surface area (Å²) >= 11 is 1.37. The third kappa shape index (κ3) is 4.34. The van der Waals surface area contributed by atoms with Gasteiger partial charge in [-0.25, -0.2) is 0 Å². The van der Waals surface area contributed by atoms with Gasteiger partial charge in [0.05, 0.1) is 10.8 Å². The Morgan fingerprint density at radius 1 is 1.06 bits per heavy atom. The molecule has 2 aromatic carbocycles. The predicted octanol–water partition coefficient (Wildman–Crippen LogP) is 5.71. The minimum absolute atomic E-state index is 0.104. The van der Waals surface area contributed by atoms with Crippen molar-refractivity contribution in [3.05, 3.63) is 65.5 Å². The highest BCUT2D eigenvalue weighted by Crippen LogP contribution is 2.36. The van der Waals surface area contributed by atoms with E-state index >= 15 is 0 Å². The van der Waals surface area contributed by atoms with E-state index in [1.165, 1.54) is 23.9 Å². The van der Waals surface area contributed by atoms with Crippen LogP contribution in [0.15, 0.2) is 58.2 Å². The zero-order valence-electron chi connectivity index (χ0n) is 16.9. The molecular formula is C21H18F3N5OS. The van der Waals surface area contributed by atoms with Crippen molar-refractivity contribution in [2.24, 2.45) is 7.05 Å². The van der Waals surface area contributed by atoms with Gasteiger partial charge in [0.2, 0.25) is 11.7 Å². The molecule has 0 radical (unpaired) electrons. The number of hydrogen-bond donors (Lipinski definition) is 0. The first-order valence-corrected chi connectivity index (χ1v) is 10.3. The van der Waals surface area contributed by atoms with Crippen molar-refractivity contribution in [1.82, 2.24) is 24.9 Å². The van der Waals surface area contributed by atoms with Gasteiger partial charge >= 0.3 is 6.18 Å². The van der Waals surface area contributed by atoms with Gasteiger partial charge in [0.15, 0.2) is 11.0 Å². The second-order valence-corrected chi connectivity index (χ2v) is 8.28. The minimum atomic E-state index is -4.44. The molecule has 0 amide bonds. The van der Waals surface area contributed by atoms with Crippen LogP contribution >= 0.6 is 11.8 Å².